The molecular weight excluding hydrogens is 644 g/mol. The lowest BCUT2D eigenvalue weighted by molar-refractivity contribution is 0.0932. The number of sulfonamides is 1. The van der Waals surface area contributed by atoms with Gasteiger partial charge in [0.1, 0.15) is 21.7 Å². The van der Waals surface area contributed by atoms with Gasteiger partial charge in [-0.05, 0) is 43.3 Å². The Morgan fingerprint density at radius 2 is 1.56 bits per heavy atom. The van der Waals surface area contributed by atoms with E-state index in [-0.39, 0.29) is 56.0 Å². The Morgan fingerprint density at radius 1 is 0.911 bits per heavy atom. The summed E-state index contributed by atoms with van der Waals surface area (Å²) in [6, 6.07) is 9.72. The zero-order valence-corrected chi connectivity index (χ0v) is 28.0. The van der Waals surface area contributed by atoms with Gasteiger partial charge in [-0.25, -0.2) is 18.2 Å². The van der Waals surface area contributed by atoms with Gasteiger partial charge in [0, 0.05) is 71.0 Å². The van der Waals surface area contributed by atoms with Gasteiger partial charge in [0.2, 0.25) is 10.0 Å². The minimum absolute atomic E-state index is 0. The third-order valence-corrected chi connectivity index (χ3v) is 10.8. The largest absolute Gasteiger partial charge is 0.495 e. The monoisotopic (exact) mass is 682 g/mol. The van der Waals surface area contributed by atoms with Crippen LogP contribution >= 0.6 is 23.7 Å². The molecule has 1 aromatic heterocycles. The second-order valence-electron chi connectivity index (χ2n) is 10.3. The summed E-state index contributed by atoms with van der Waals surface area (Å²) in [5.74, 6) is 1.24. The van der Waals surface area contributed by atoms with Crippen LogP contribution in [0.3, 0.4) is 0 Å². The standard InChI is InChI=1S/C29H38N6O7S2.ClH/c1-4-42-29(37)34-17-19-35(20-18-34)44(38,39)22-7-5-21(6-8-22)27(36)30-11-12-32-13-15-33(16-14-32)28-31-25-23(40-2)9-10-24(41-3)26(25)43-28;/h5-10H,4,11-20H2,1-3H3,(H,30,36);1H. The van der Waals surface area contributed by atoms with E-state index in [1.165, 1.54) is 33.5 Å². The van der Waals surface area contributed by atoms with Gasteiger partial charge in [0.25, 0.3) is 5.91 Å². The molecule has 0 radical (unpaired) electrons. The molecule has 3 aromatic rings. The van der Waals surface area contributed by atoms with Crippen LogP contribution < -0.4 is 19.7 Å². The molecule has 0 saturated carbocycles. The van der Waals surface area contributed by atoms with Gasteiger partial charge in [-0.15, -0.1) is 12.4 Å². The van der Waals surface area contributed by atoms with Crippen LogP contribution in [0.25, 0.3) is 10.2 Å². The van der Waals surface area contributed by atoms with Crippen LogP contribution in [0.2, 0.25) is 0 Å². The summed E-state index contributed by atoms with van der Waals surface area (Å²) in [5, 5.41) is 3.87. The number of thiazole rings is 1. The van der Waals surface area contributed by atoms with Gasteiger partial charge in [-0.3, -0.25) is 9.69 Å². The highest BCUT2D eigenvalue weighted by Gasteiger charge is 2.31. The molecule has 16 heteroatoms. The number of fused-ring (bicyclic) bond motifs is 1. The summed E-state index contributed by atoms with van der Waals surface area (Å²) in [4.78, 5) is 35.7. The number of piperazine rings is 2. The highest BCUT2D eigenvalue weighted by Crippen LogP contribution is 2.40. The van der Waals surface area contributed by atoms with Crippen LogP contribution in [-0.4, -0.2) is 126 Å². The molecule has 246 valence electrons. The predicted molar refractivity (Wildman–Crippen MR) is 175 cm³/mol. The van der Waals surface area contributed by atoms with Gasteiger partial charge in [0.05, 0.1) is 25.7 Å². The number of benzene rings is 2. The first-order valence-electron chi connectivity index (χ1n) is 14.5. The van der Waals surface area contributed by atoms with Crippen molar-refractivity contribution >= 4 is 61.1 Å². The van der Waals surface area contributed by atoms with Gasteiger partial charge >= 0.3 is 6.09 Å². The lowest BCUT2D eigenvalue weighted by Gasteiger charge is -2.34. The maximum absolute atomic E-state index is 13.1. The lowest BCUT2D eigenvalue weighted by atomic mass is 10.2. The van der Waals surface area contributed by atoms with E-state index in [1.54, 1.807) is 32.5 Å². The lowest BCUT2D eigenvalue weighted by Crippen LogP contribution is -2.50. The minimum Gasteiger partial charge on any atom is -0.495 e. The number of hydrogen-bond donors (Lipinski definition) is 1. The maximum atomic E-state index is 13.1. The Balaban J connectivity index is 0.00000461. The molecule has 2 saturated heterocycles. The number of amides is 2. The molecule has 2 aromatic carbocycles. The number of nitrogens with one attached hydrogen (secondary N) is 1. The molecule has 2 amide bonds. The molecule has 1 N–H and O–H groups in total. The average molecular weight is 683 g/mol. The van der Waals surface area contributed by atoms with Crippen LogP contribution in [0.5, 0.6) is 11.5 Å². The fourth-order valence-electron chi connectivity index (χ4n) is 5.26. The van der Waals surface area contributed by atoms with E-state index in [2.05, 4.69) is 15.1 Å². The van der Waals surface area contributed by atoms with Gasteiger partial charge in [-0.1, -0.05) is 11.3 Å². The van der Waals surface area contributed by atoms with Crippen LogP contribution in [0.4, 0.5) is 9.93 Å². The van der Waals surface area contributed by atoms with Crippen LogP contribution in [0.1, 0.15) is 17.3 Å². The number of aromatic nitrogens is 1. The van der Waals surface area contributed by atoms with E-state index in [9.17, 15) is 18.0 Å². The number of ether oxygens (including phenoxy) is 3. The number of anilines is 1. The Kier molecular flexibility index (Phi) is 11.7. The van der Waals surface area contributed by atoms with Crippen molar-refractivity contribution in [3.05, 3.63) is 42.0 Å². The Hall–Kier alpha value is -3.37. The van der Waals surface area contributed by atoms with Crippen molar-refractivity contribution in [3.8, 4) is 11.5 Å². The first-order valence-corrected chi connectivity index (χ1v) is 16.8. The molecule has 2 aliphatic rings. The highest BCUT2D eigenvalue weighted by molar-refractivity contribution is 7.89. The predicted octanol–water partition coefficient (Wildman–Crippen LogP) is 2.75. The van der Waals surface area contributed by atoms with Crippen molar-refractivity contribution < 1.29 is 32.2 Å². The summed E-state index contributed by atoms with van der Waals surface area (Å²) >= 11 is 1.59. The second kappa shape index (κ2) is 15.3. The SMILES string of the molecule is CCOC(=O)N1CCN(S(=O)(=O)c2ccc(C(=O)NCCN3CCN(c4nc5c(OC)ccc(OC)c5s4)CC3)cc2)CC1.Cl. The number of nitrogens with zero attached hydrogens (tertiary/aromatic N) is 5. The molecule has 0 bridgehead atoms. The molecule has 0 aliphatic carbocycles. The summed E-state index contributed by atoms with van der Waals surface area (Å²) < 4.78 is 44.5. The smallest absolute Gasteiger partial charge is 0.409 e. The van der Waals surface area contributed by atoms with E-state index >= 15 is 0 Å². The van der Waals surface area contributed by atoms with Crippen molar-refractivity contribution in [1.29, 1.82) is 0 Å². The zero-order chi connectivity index (χ0) is 31.3. The average Bonchev–Trinajstić information content (AvgIpc) is 3.50. The quantitative estimate of drug-likeness (QED) is 0.340. The Morgan fingerprint density at radius 3 is 2.18 bits per heavy atom. The second-order valence-corrected chi connectivity index (χ2v) is 13.3. The number of methoxy groups -OCH3 is 2. The molecule has 0 atom stereocenters. The summed E-state index contributed by atoms with van der Waals surface area (Å²) in [7, 11) is -0.454. The number of carbonyl (C=O) groups excluding carboxylic acids is 2. The molecular formula is C29H39ClN6O7S2. The van der Waals surface area contributed by atoms with E-state index in [0.717, 1.165) is 53.0 Å². The third kappa shape index (κ3) is 7.72. The normalized spacial score (nSPS) is 16.2. The number of halogens is 1. The topological polar surface area (TPSA) is 134 Å². The number of rotatable bonds is 10. The molecule has 0 unspecified atom stereocenters. The Bertz CT molecular complexity index is 1530. The van der Waals surface area contributed by atoms with Crippen molar-refractivity contribution in [3.63, 3.8) is 0 Å². The first kappa shape index (κ1) is 34.5. The number of hydrogen-bond acceptors (Lipinski definition) is 11. The fraction of sp³-hybridized carbons (Fsp3) is 0.483. The third-order valence-electron chi connectivity index (χ3n) is 7.77. The minimum atomic E-state index is -3.74. The van der Waals surface area contributed by atoms with Crippen LogP contribution in [-0.2, 0) is 14.8 Å². The van der Waals surface area contributed by atoms with Crippen molar-refractivity contribution in [2.24, 2.45) is 0 Å². The molecule has 2 fully saturated rings. The molecule has 45 heavy (non-hydrogen) atoms. The van der Waals surface area contributed by atoms with E-state index in [1.807, 2.05) is 12.1 Å². The van der Waals surface area contributed by atoms with Gasteiger partial charge in [0.15, 0.2) is 5.13 Å². The molecule has 13 nitrogen and oxygen atoms in total. The summed E-state index contributed by atoms with van der Waals surface area (Å²) in [5.41, 5.74) is 1.19. The van der Waals surface area contributed by atoms with E-state index in [4.69, 9.17) is 19.2 Å². The maximum Gasteiger partial charge on any atom is 0.409 e. The van der Waals surface area contributed by atoms with Crippen molar-refractivity contribution in [2.75, 3.05) is 91.2 Å². The zero-order valence-electron chi connectivity index (χ0n) is 25.6. The van der Waals surface area contributed by atoms with Crippen LogP contribution in [0, 0.1) is 0 Å². The van der Waals surface area contributed by atoms with E-state index in [0.29, 0.717) is 18.7 Å². The fourth-order valence-corrected chi connectivity index (χ4v) is 7.80. The van der Waals surface area contributed by atoms with E-state index < -0.39 is 16.1 Å². The number of carbonyl (C=O) groups is 2. The Labute approximate surface area is 273 Å². The molecule has 5 rings (SSSR count). The molecule has 3 heterocycles. The first-order chi connectivity index (χ1) is 21.2. The van der Waals surface area contributed by atoms with Crippen molar-refractivity contribution in [2.45, 2.75) is 11.8 Å². The van der Waals surface area contributed by atoms with Crippen LogP contribution in [0.15, 0.2) is 41.3 Å². The molecule has 2 aliphatic heterocycles. The van der Waals surface area contributed by atoms with Crippen molar-refractivity contribution in [1.82, 2.24) is 24.4 Å². The summed E-state index contributed by atoms with van der Waals surface area (Å²) in [6.45, 7) is 7.36. The molecule has 0 spiro atoms. The highest BCUT2D eigenvalue weighted by atomic mass is 35.5. The summed E-state index contributed by atoms with van der Waals surface area (Å²) in [6.07, 6.45) is -0.436. The van der Waals surface area contributed by atoms with Gasteiger partial charge < -0.3 is 29.3 Å². The van der Waals surface area contributed by atoms with Gasteiger partial charge in [-0.2, -0.15) is 4.31 Å².